The quantitative estimate of drug-likeness (QED) is 0.920. The van der Waals surface area contributed by atoms with E-state index in [4.69, 9.17) is 16.3 Å². The van der Waals surface area contributed by atoms with E-state index in [1.165, 1.54) is 5.56 Å². The van der Waals surface area contributed by atoms with E-state index in [1.54, 1.807) is 6.20 Å². The van der Waals surface area contributed by atoms with Crippen molar-refractivity contribution in [2.24, 2.45) is 0 Å². The van der Waals surface area contributed by atoms with Crippen molar-refractivity contribution in [3.05, 3.63) is 51.6 Å². The van der Waals surface area contributed by atoms with Gasteiger partial charge in [0.05, 0.1) is 11.6 Å². The lowest BCUT2D eigenvalue weighted by atomic mass is 10.1. The van der Waals surface area contributed by atoms with Crippen molar-refractivity contribution in [3.63, 3.8) is 0 Å². The average molecular weight is 340 g/mol. The van der Waals surface area contributed by atoms with Crippen LogP contribution in [-0.2, 0) is 6.42 Å². The standard InChI is InChI=1S/C14H12BrClN2O/c15-10-6-12(16)14(17-7-10)18-8-11-5-9-3-1-2-4-13(9)19-11/h1-4,6-7,11H,5,8H2,(H,17,18). The van der Waals surface area contributed by atoms with Gasteiger partial charge in [0.1, 0.15) is 17.7 Å². The number of pyridine rings is 1. The maximum atomic E-state index is 6.11. The van der Waals surface area contributed by atoms with Crippen molar-refractivity contribution in [2.45, 2.75) is 12.5 Å². The maximum absolute atomic E-state index is 6.11. The highest BCUT2D eigenvalue weighted by Crippen LogP contribution is 2.29. The predicted molar refractivity (Wildman–Crippen MR) is 80.0 cm³/mol. The van der Waals surface area contributed by atoms with Crippen LogP contribution in [0.25, 0.3) is 0 Å². The molecule has 0 aliphatic carbocycles. The second kappa shape index (κ2) is 5.39. The molecule has 0 fully saturated rings. The van der Waals surface area contributed by atoms with E-state index in [1.807, 2.05) is 24.3 Å². The van der Waals surface area contributed by atoms with Gasteiger partial charge in [-0.1, -0.05) is 29.8 Å². The van der Waals surface area contributed by atoms with Crippen LogP contribution in [0, 0.1) is 0 Å². The number of ether oxygens (including phenoxy) is 1. The highest BCUT2D eigenvalue weighted by molar-refractivity contribution is 9.10. The first-order valence-corrected chi connectivity index (χ1v) is 7.19. The number of fused-ring (bicyclic) bond motifs is 1. The van der Waals surface area contributed by atoms with Gasteiger partial charge in [0.2, 0.25) is 0 Å². The Morgan fingerprint density at radius 2 is 2.26 bits per heavy atom. The summed E-state index contributed by atoms with van der Waals surface area (Å²) in [5, 5.41) is 3.83. The summed E-state index contributed by atoms with van der Waals surface area (Å²) in [6.45, 7) is 0.684. The summed E-state index contributed by atoms with van der Waals surface area (Å²) in [7, 11) is 0. The number of hydrogen-bond acceptors (Lipinski definition) is 3. The number of hydrogen-bond donors (Lipinski definition) is 1. The zero-order valence-electron chi connectivity index (χ0n) is 10.1. The Morgan fingerprint density at radius 1 is 1.42 bits per heavy atom. The number of rotatable bonds is 3. The Hall–Kier alpha value is -1.26. The molecule has 1 aromatic heterocycles. The summed E-state index contributed by atoms with van der Waals surface area (Å²) in [5.74, 6) is 1.66. The molecule has 2 aromatic rings. The third kappa shape index (κ3) is 2.85. The molecular formula is C14H12BrClN2O. The van der Waals surface area contributed by atoms with Crippen LogP contribution in [0.1, 0.15) is 5.56 Å². The summed E-state index contributed by atoms with van der Waals surface area (Å²) in [6.07, 6.45) is 2.76. The van der Waals surface area contributed by atoms with Crippen molar-refractivity contribution >= 4 is 33.3 Å². The van der Waals surface area contributed by atoms with Gasteiger partial charge in [0.25, 0.3) is 0 Å². The molecule has 98 valence electrons. The lowest BCUT2D eigenvalue weighted by molar-refractivity contribution is 0.246. The molecule has 1 aliphatic rings. The van der Waals surface area contributed by atoms with Gasteiger partial charge >= 0.3 is 0 Å². The first-order chi connectivity index (χ1) is 9.22. The van der Waals surface area contributed by atoms with Crippen molar-refractivity contribution in [1.82, 2.24) is 4.98 Å². The normalized spacial score (nSPS) is 16.8. The van der Waals surface area contributed by atoms with E-state index < -0.39 is 0 Å². The minimum Gasteiger partial charge on any atom is -0.488 e. The molecule has 0 saturated carbocycles. The van der Waals surface area contributed by atoms with Gasteiger partial charge in [0, 0.05) is 17.1 Å². The fraction of sp³-hybridized carbons (Fsp3) is 0.214. The van der Waals surface area contributed by atoms with Gasteiger partial charge in [-0.15, -0.1) is 0 Å². The number of benzene rings is 1. The number of nitrogens with zero attached hydrogens (tertiary/aromatic N) is 1. The second-order valence-corrected chi connectivity index (χ2v) is 5.74. The summed E-state index contributed by atoms with van der Waals surface area (Å²) in [4.78, 5) is 4.24. The molecule has 1 unspecified atom stereocenters. The van der Waals surface area contributed by atoms with Gasteiger partial charge in [-0.2, -0.15) is 0 Å². The maximum Gasteiger partial charge on any atom is 0.144 e. The van der Waals surface area contributed by atoms with E-state index in [-0.39, 0.29) is 6.10 Å². The van der Waals surface area contributed by atoms with Crippen LogP contribution in [0.5, 0.6) is 5.75 Å². The summed E-state index contributed by atoms with van der Waals surface area (Å²) < 4.78 is 6.72. The van der Waals surface area contributed by atoms with Crippen LogP contribution in [0.3, 0.4) is 0 Å². The SMILES string of the molecule is Clc1cc(Br)cnc1NCC1Cc2ccccc2O1. The average Bonchev–Trinajstić information content (AvgIpc) is 2.80. The van der Waals surface area contributed by atoms with E-state index in [0.717, 1.165) is 16.6 Å². The number of aromatic nitrogens is 1. The van der Waals surface area contributed by atoms with Gasteiger partial charge in [-0.3, -0.25) is 0 Å². The number of para-hydroxylation sites is 1. The van der Waals surface area contributed by atoms with Crippen molar-refractivity contribution < 1.29 is 4.74 Å². The molecule has 2 heterocycles. The van der Waals surface area contributed by atoms with Gasteiger partial charge in [-0.05, 0) is 33.6 Å². The van der Waals surface area contributed by atoms with Gasteiger partial charge in [-0.25, -0.2) is 4.98 Å². The molecule has 0 radical (unpaired) electrons. The molecule has 0 amide bonds. The van der Waals surface area contributed by atoms with Crippen LogP contribution in [-0.4, -0.2) is 17.6 Å². The van der Waals surface area contributed by atoms with Crippen molar-refractivity contribution in [1.29, 1.82) is 0 Å². The Balaban J connectivity index is 1.63. The van der Waals surface area contributed by atoms with Crippen LogP contribution in [0.2, 0.25) is 5.02 Å². The lowest BCUT2D eigenvalue weighted by Crippen LogP contribution is -2.24. The molecular weight excluding hydrogens is 328 g/mol. The van der Waals surface area contributed by atoms with Crippen molar-refractivity contribution in [3.8, 4) is 5.75 Å². The number of nitrogens with one attached hydrogen (secondary N) is 1. The number of anilines is 1. The zero-order valence-corrected chi connectivity index (χ0v) is 12.4. The van der Waals surface area contributed by atoms with Gasteiger partial charge < -0.3 is 10.1 Å². The Morgan fingerprint density at radius 3 is 3.05 bits per heavy atom. The fourth-order valence-corrected chi connectivity index (χ4v) is 2.82. The molecule has 0 spiro atoms. The first kappa shape index (κ1) is 12.8. The van der Waals surface area contributed by atoms with Crippen molar-refractivity contribution in [2.75, 3.05) is 11.9 Å². The Bertz CT molecular complexity index is 581. The predicted octanol–water partition coefficient (Wildman–Crippen LogP) is 3.91. The molecule has 1 aliphatic heterocycles. The second-order valence-electron chi connectivity index (χ2n) is 4.42. The Labute approximate surface area is 125 Å². The minimum atomic E-state index is 0.124. The molecule has 0 saturated heterocycles. The molecule has 3 nitrogen and oxygen atoms in total. The highest BCUT2D eigenvalue weighted by atomic mass is 79.9. The molecule has 1 N–H and O–H groups in total. The summed E-state index contributed by atoms with van der Waals surface area (Å²) >= 11 is 9.44. The van der Waals surface area contributed by atoms with Gasteiger partial charge in [0.15, 0.2) is 0 Å². The van der Waals surface area contributed by atoms with E-state index in [2.05, 4.69) is 32.3 Å². The van der Waals surface area contributed by atoms with Crippen LogP contribution in [0.4, 0.5) is 5.82 Å². The largest absolute Gasteiger partial charge is 0.488 e. The first-order valence-electron chi connectivity index (χ1n) is 6.02. The molecule has 5 heteroatoms. The molecule has 3 rings (SSSR count). The van der Waals surface area contributed by atoms with E-state index >= 15 is 0 Å². The molecule has 1 atom stereocenters. The molecule has 1 aromatic carbocycles. The molecule has 19 heavy (non-hydrogen) atoms. The van der Waals surface area contributed by atoms with E-state index in [0.29, 0.717) is 17.4 Å². The van der Waals surface area contributed by atoms with Crippen LogP contribution >= 0.6 is 27.5 Å². The topological polar surface area (TPSA) is 34.2 Å². The third-order valence-corrected chi connectivity index (χ3v) is 3.74. The van der Waals surface area contributed by atoms with E-state index in [9.17, 15) is 0 Å². The smallest absolute Gasteiger partial charge is 0.144 e. The lowest BCUT2D eigenvalue weighted by Gasteiger charge is -2.13. The van der Waals surface area contributed by atoms with Crippen LogP contribution in [0.15, 0.2) is 41.0 Å². The fourth-order valence-electron chi connectivity index (χ4n) is 2.12. The summed E-state index contributed by atoms with van der Waals surface area (Å²) in [6, 6.07) is 9.94. The van der Waals surface area contributed by atoms with Crippen LogP contribution < -0.4 is 10.1 Å². The summed E-state index contributed by atoms with van der Waals surface area (Å²) in [5.41, 5.74) is 1.25. The number of halogens is 2. The monoisotopic (exact) mass is 338 g/mol. The Kier molecular flexibility index (Phi) is 3.62. The highest BCUT2D eigenvalue weighted by Gasteiger charge is 2.22. The third-order valence-electron chi connectivity index (χ3n) is 3.02. The zero-order chi connectivity index (χ0) is 13.2. The molecule has 0 bridgehead atoms. The minimum absolute atomic E-state index is 0.124.